The lowest BCUT2D eigenvalue weighted by atomic mass is 10.1. The van der Waals surface area contributed by atoms with Crippen molar-refractivity contribution in [2.75, 3.05) is 7.11 Å². The van der Waals surface area contributed by atoms with E-state index in [1.807, 2.05) is 60.7 Å². The average molecular weight is 453 g/mol. The Morgan fingerprint density at radius 3 is 2.50 bits per heavy atom. The molecule has 0 bridgehead atoms. The summed E-state index contributed by atoms with van der Waals surface area (Å²) in [4.78, 5) is 21.9. The molecule has 0 aliphatic rings. The van der Waals surface area contributed by atoms with Gasteiger partial charge in [-0.25, -0.2) is 9.97 Å². The predicted molar refractivity (Wildman–Crippen MR) is 125 cm³/mol. The van der Waals surface area contributed by atoms with Crippen molar-refractivity contribution < 1.29 is 15.7 Å². The predicted octanol–water partition coefficient (Wildman–Crippen LogP) is 3.00. The second kappa shape index (κ2) is 9.19. The number of benzene rings is 3. The molecule has 0 aliphatic heterocycles. The highest BCUT2D eigenvalue weighted by atomic mass is 35.5. The van der Waals surface area contributed by atoms with Crippen LogP contribution in [0.1, 0.15) is 5.82 Å². The molecule has 164 valence electrons. The summed E-state index contributed by atoms with van der Waals surface area (Å²) in [5.41, 5.74) is 3.16. The van der Waals surface area contributed by atoms with Crippen molar-refractivity contribution >= 4 is 33.4 Å². The van der Waals surface area contributed by atoms with Crippen LogP contribution < -0.4 is 10.3 Å². The molecule has 32 heavy (non-hydrogen) atoms. The van der Waals surface area contributed by atoms with Gasteiger partial charge < -0.3 is 15.7 Å². The maximum absolute atomic E-state index is 12.4. The molecule has 5 rings (SSSR count). The van der Waals surface area contributed by atoms with Crippen LogP contribution in [0.3, 0.4) is 0 Å². The minimum atomic E-state index is -0.181. The summed E-state index contributed by atoms with van der Waals surface area (Å²) in [6.07, 6.45) is 0. The van der Waals surface area contributed by atoms with E-state index in [4.69, 9.17) is 26.3 Å². The van der Waals surface area contributed by atoms with Gasteiger partial charge in [0.05, 0.1) is 35.8 Å². The molecule has 0 saturated heterocycles. The van der Waals surface area contributed by atoms with Crippen molar-refractivity contribution in [1.29, 1.82) is 0 Å². The van der Waals surface area contributed by atoms with Crippen LogP contribution >= 0.6 is 11.6 Å². The van der Waals surface area contributed by atoms with Crippen LogP contribution in [0.15, 0.2) is 71.5 Å². The summed E-state index contributed by atoms with van der Waals surface area (Å²) >= 11 is 6.23. The van der Waals surface area contributed by atoms with E-state index in [2.05, 4.69) is 5.10 Å². The number of rotatable bonds is 4. The Kier molecular flexibility index (Phi) is 6.59. The first-order valence-corrected chi connectivity index (χ1v) is 9.78. The number of aromatic nitrogens is 4. The average Bonchev–Trinajstić information content (AvgIpc) is 3.08. The van der Waals surface area contributed by atoms with E-state index < -0.39 is 0 Å². The van der Waals surface area contributed by atoms with Crippen LogP contribution in [-0.4, -0.2) is 37.8 Å². The number of hydrogen-bond donors (Lipinski definition) is 1. The van der Waals surface area contributed by atoms with Crippen molar-refractivity contribution in [3.8, 4) is 17.0 Å². The molecule has 5 aromatic rings. The Morgan fingerprint density at radius 1 is 0.969 bits per heavy atom. The van der Waals surface area contributed by atoms with Crippen LogP contribution in [-0.2, 0) is 6.54 Å². The van der Waals surface area contributed by atoms with Crippen molar-refractivity contribution in [3.05, 3.63) is 87.9 Å². The molecule has 0 atom stereocenters. The lowest BCUT2D eigenvalue weighted by molar-refractivity contribution is 0.415. The van der Waals surface area contributed by atoms with Gasteiger partial charge >= 0.3 is 0 Å². The zero-order chi connectivity index (χ0) is 20.7. The van der Waals surface area contributed by atoms with Crippen molar-refractivity contribution in [1.82, 2.24) is 19.7 Å². The highest BCUT2D eigenvalue weighted by Gasteiger charge is 2.13. The van der Waals surface area contributed by atoms with Gasteiger partial charge in [-0.15, -0.1) is 0 Å². The first-order chi connectivity index (χ1) is 14.6. The molecule has 3 aromatic carbocycles. The Balaban J connectivity index is 0.00000144. The van der Waals surface area contributed by atoms with Crippen LogP contribution in [0.5, 0.6) is 5.75 Å². The lowest BCUT2D eigenvalue weighted by Gasteiger charge is -2.10. The highest BCUT2D eigenvalue weighted by molar-refractivity contribution is 6.31. The number of H-pyrrole nitrogens is 1. The fourth-order valence-corrected chi connectivity index (χ4v) is 3.78. The Bertz CT molecular complexity index is 1450. The van der Waals surface area contributed by atoms with Gasteiger partial charge in [0.25, 0.3) is 5.56 Å². The number of nitrogens with zero attached hydrogens (tertiary/aromatic N) is 3. The maximum atomic E-state index is 12.4. The van der Waals surface area contributed by atoms with Crippen LogP contribution in [0.25, 0.3) is 33.1 Å². The number of nitrogens with one attached hydrogen (secondary N) is 1. The molecule has 0 spiro atoms. The third-order valence-corrected chi connectivity index (χ3v) is 5.26. The molecule has 8 nitrogen and oxygen atoms in total. The number of hydrogen-bond acceptors (Lipinski definition) is 4. The van der Waals surface area contributed by atoms with Crippen molar-refractivity contribution in [3.63, 3.8) is 0 Å². The minimum Gasteiger partial charge on any atom is -0.497 e. The number of halogens is 1. The van der Waals surface area contributed by atoms with Gasteiger partial charge in [-0.3, -0.25) is 14.6 Å². The van der Waals surface area contributed by atoms with Crippen LogP contribution in [0.2, 0.25) is 5.02 Å². The smallest absolute Gasteiger partial charge is 0.272 e. The monoisotopic (exact) mass is 452 g/mol. The molecule has 0 aliphatic carbocycles. The summed E-state index contributed by atoms with van der Waals surface area (Å²) in [7, 11) is 1.58. The molecular weight excluding hydrogens is 432 g/mol. The zero-order valence-electron chi connectivity index (χ0n) is 17.1. The van der Waals surface area contributed by atoms with E-state index in [-0.39, 0.29) is 16.5 Å². The summed E-state index contributed by atoms with van der Waals surface area (Å²) in [6, 6.07) is 20.9. The largest absolute Gasteiger partial charge is 0.497 e. The molecule has 0 saturated carbocycles. The van der Waals surface area contributed by atoms with Gasteiger partial charge in [0.1, 0.15) is 5.75 Å². The topological polar surface area (TPSA) is 136 Å². The first kappa shape index (κ1) is 23.0. The minimum absolute atomic E-state index is 0. The molecular formula is C23H21ClN4O4. The van der Waals surface area contributed by atoms with Crippen LogP contribution in [0, 0.1) is 0 Å². The van der Waals surface area contributed by atoms with Crippen LogP contribution in [0.4, 0.5) is 0 Å². The lowest BCUT2D eigenvalue weighted by Crippen LogP contribution is -2.10. The maximum Gasteiger partial charge on any atom is 0.272 e. The third kappa shape index (κ3) is 4.06. The zero-order valence-corrected chi connectivity index (χ0v) is 17.8. The van der Waals surface area contributed by atoms with Gasteiger partial charge in [-0.05, 0) is 36.4 Å². The number of methoxy groups -OCH3 is 1. The quantitative estimate of drug-likeness (QED) is 0.448. The molecule has 0 fully saturated rings. The summed E-state index contributed by atoms with van der Waals surface area (Å²) in [6.45, 7) is 0.323. The molecule has 5 N–H and O–H groups in total. The molecule has 0 radical (unpaired) electrons. The second-order valence-corrected chi connectivity index (χ2v) is 7.36. The SMILES string of the molecule is COc1ccc2c(c1)c(=O)[nH]n2Cc1nc(-c2ccccc2)c2cc(Cl)ccc2n1.O.O. The van der Waals surface area contributed by atoms with Gasteiger partial charge in [-0.2, -0.15) is 0 Å². The fraction of sp³-hybridized carbons (Fsp3) is 0.0870. The van der Waals surface area contributed by atoms with E-state index in [1.54, 1.807) is 17.9 Å². The summed E-state index contributed by atoms with van der Waals surface area (Å²) in [5.74, 6) is 1.23. The highest BCUT2D eigenvalue weighted by Crippen LogP contribution is 2.28. The number of aromatic amines is 1. The van der Waals surface area contributed by atoms with Crippen molar-refractivity contribution in [2.45, 2.75) is 6.54 Å². The van der Waals surface area contributed by atoms with Gasteiger partial charge in [0.2, 0.25) is 0 Å². The van der Waals surface area contributed by atoms with E-state index in [9.17, 15) is 4.79 Å². The van der Waals surface area contributed by atoms with Crippen molar-refractivity contribution in [2.24, 2.45) is 0 Å². The van der Waals surface area contributed by atoms with Gasteiger partial charge in [0.15, 0.2) is 5.82 Å². The summed E-state index contributed by atoms with van der Waals surface area (Å²) < 4.78 is 6.98. The Hall–Kier alpha value is -3.72. The Morgan fingerprint density at radius 2 is 1.75 bits per heavy atom. The standard InChI is InChI=1S/C23H17ClN4O2.2H2O/c1-30-16-8-10-20-18(12-16)23(29)27-28(20)13-21-25-19-9-7-15(24)11-17(19)22(26-21)14-5-3-2-4-6-14;;/h2-12H,13H2,1H3,(H,27,29);2*1H2. The molecule has 9 heteroatoms. The second-order valence-electron chi connectivity index (χ2n) is 6.93. The number of ether oxygens (including phenoxy) is 1. The van der Waals surface area contributed by atoms with Gasteiger partial charge in [-0.1, -0.05) is 41.9 Å². The normalized spacial score (nSPS) is 10.6. The van der Waals surface area contributed by atoms with E-state index in [0.717, 1.165) is 27.7 Å². The molecule has 2 heterocycles. The van der Waals surface area contributed by atoms with Gasteiger partial charge in [0, 0.05) is 16.0 Å². The fourth-order valence-electron chi connectivity index (χ4n) is 3.60. The van der Waals surface area contributed by atoms with E-state index in [0.29, 0.717) is 28.5 Å². The number of fused-ring (bicyclic) bond motifs is 2. The molecule has 0 unspecified atom stereocenters. The van der Waals surface area contributed by atoms with E-state index >= 15 is 0 Å². The van der Waals surface area contributed by atoms with E-state index in [1.165, 1.54) is 0 Å². The summed E-state index contributed by atoms with van der Waals surface area (Å²) in [5, 5.41) is 4.95. The Labute approximate surface area is 187 Å². The first-order valence-electron chi connectivity index (χ1n) is 9.40. The molecule has 0 amide bonds. The third-order valence-electron chi connectivity index (χ3n) is 5.03. The molecule has 2 aromatic heterocycles.